The van der Waals surface area contributed by atoms with Crippen molar-refractivity contribution in [2.75, 3.05) is 6.54 Å². The summed E-state index contributed by atoms with van der Waals surface area (Å²) in [6.45, 7) is 8.19. The average Bonchev–Trinajstić information content (AvgIpc) is 3.08. The number of rotatable bonds is 8. The van der Waals surface area contributed by atoms with E-state index in [2.05, 4.69) is 61.7 Å². The maximum atomic E-state index is 13.7. The molecule has 36 heavy (non-hydrogen) atoms. The molecule has 1 aliphatic carbocycles. The Morgan fingerprint density at radius 1 is 0.944 bits per heavy atom. The third-order valence-electron chi connectivity index (χ3n) is 6.49. The van der Waals surface area contributed by atoms with Gasteiger partial charge in [-0.3, -0.25) is 4.79 Å². The molecule has 4 rings (SSSR count). The van der Waals surface area contributed by atoms with E-state index in [4.69, 9.17) is 0 Å². The predicted molar refractivity (Wildman–Crippen MR) is 139 cm³/mol. The molecule has 3 aromatic carbocycles. The Hall–Kier alpha value is -3.09. The quantitative estimate of drug-likeness (QED) is 0.399. The van der Waals surface area contributed by atoms with Gasteiger partial charge in [-0.1, -0.05) is 63.2 Å². The summed E-state index contributed by atoms with van der Waals surface area (Å²) in [5.74, 6) is -1.70. The van der Waals surface area contributed by atoms with Gasteiger partial charge in [-0.2, -0.15) is 0 Å². The summed E-state index contributed by atoms with van der Waals surface area (Å²) >= 11 is 0. The van der Waals surface area contributed by atoms with Gasteiger partial charge in [0.1, 0.15) is 11.6 Å². The normalized spacial score (nSPS) is 16.2. The summed E-state index contributed by atoms with van der Waals surface area (Å²) in [6, 6.07) is 17.2. The predicted octanol–water partition coefficient (Wildman–Crippen LogP) is 5.32. The van der Waals surface area contributed by atoms with Crippen molar-refractivity contribution in [2.45, 2.75) is 58.7 Å². The second-order valence-electron chi connectivity index (χ2n) is 10.9. The Morgan fingerprint density at radius 3 is 2.28 bits per heavy atom. The third kappa shape index (κ3) is 6.18. The molecule has 1 amide bonds. The van der Waals surface area contributed by atoms with Gasteiger partial charge in [-0.05, 0) is 63.8 Å². The van der Waals surface area contributed by atoms with Crippen LogP contribution in [-0.4, -0.2) is 29.7 Å². The zero-order valence-electron chi connectivity index (χ0n) is 21.2. The van der Waals surface area contributed by atoms with Gasteiger partial charge in [0.2, 0.25) is 5.91 Å². The number of hydrogen-bond acceptors (Lipinski definition) is 3. The first-order valence-corrected chi connectivity index (χ1v) is 12.4. The van der Waals surface area contributed by atoms with E-state index in [-0.39, 0.29) is 30.3 Å². The van der Waals surface area contributed by atoms with Crippen LogP contribution in [0.15, 0.2) is 60.7 Å². The second kappa shape index (κ2) is 10.5. The number of benzene rings is 3. The van der Waals surface area contributed by atoms with Crippen LogP contribution in [0.2, 0.25) is 0 Å². The van der Waals surface area contributed by atoms with Crippen LogP contribution in [0.4, 0.5) is 8.78 Å². The van der Waals surface area contributed by atoms with Crippen LogP contribution in [0.5, 0.6) is 0 Å². The number of aliphatic hydroxyl groups excluding tert-OH is 1. The van der Waals surface area contributed by atoms with E-state index in [1.54, 1.807) is 0 Å². The Kier molecular flexibility index (Phi) is 7.57. The summed E-state index contributed by atoms with van der Waals surface area (Å²) in [7, 11) is 0. The molecular weight excluding hydrogens is 458 g/mol. The zero-order chi connectivity index (χ0) is 26.0. The average molecular weight is 493 g/mol. The molecule has 0 aromatic heterocycles. The van der Waals surface area contributed by atoms with Crippen LogP contribution >= 0.6 is 0 Å². The van der Waals surface area contributed by atoms with Crippen LogP contribution in [-0.2, 0) is 17.6 Å². The van der Waals surface area contributed by atoms with Gasteiger partial charge in [0.25, 0.3) is 0 Å². The van der Waals surface area contributed by atoms with Crippen molar-refractivity contribution >= 4 is 5.91 Å². The number of halogens is 2. The number of fused-ring (bicyclic) bond motifs is 3. The highest BCUT2D eigenvalue weighted by molar-refractivity contribution is 5.79. The molecule has 0 saturated heterocycles. The van der Waals surface area contributed by atoms with Crippen LogP contribution < -0.4 is 10.6 Å². The molecule has 0 aliphatic heterocycles. The number of hydrogen-bond donors (Lipinski definition) is 3. The lowest BCUT2D eigenvalue weighted by Gasteiger charge is -2.26. The van der Waals surface area contributed by atoms with E-state index < -0.39 is 23.8 Å². The van der Waals surface area contributed by atoms with Crippen molar-refractivity contribution in [3.8, 4) is 11.1 Å². The molecule has 6 heteroatoms. The zero-order valence-corrected chi connectivity index (χ0v) is 21.2. The maximum Gasteiger partial charge on any atom is 0.217 e. The molecule has 3 aromatic rings. The molecule has 1 aliphatic rings. The SMILES string of the molecule is CC(=O)N[C@@H](Cc1cc(F)cc(F)c1)[C@H](O)CNC1c2ccccc2-c2ccc(CC(C)(C)C)cc21. The van der Waals surface area contributed by atoms with E-state index in [1.165, 1.54) is 30.2 Å². The van der Waals surface area contributed by atoms with E-state index in [0.717, 1.165) is 29.2 Å². The topological polar surface area (TPSA) is 61.4 Å². The lowest BCUT2D eigenvalue weighted by atomic mass is 9.87. The van der Waals surface area contributed by atoms with Gasteiger partial charge in [-0.25, -0.2) is 8.78 Å². The number of carbonyl (C=O) groups is 1. The van der Waals surface area contributed by atoms with Crippen LogP contribution in [0.3, 0.4) is 0 Å². The van der Waals surface area contributed by atoms with E-state index in [0.29, 0.717) is 5.56 Å². The van der Waals surface area contributed by atoms with E-state index >= 15 is 0 Å². The summed E-state index contributed by atoms with van der Waals surface area (Å²) in [5, 5.41) is 17.3. The minimum atomic E-state index is -0.978. The fourth-order valence-corrected chi connectivity index (χ4v) is 5.11. The van der Waals surface area contributed by atoms with Gasteiger partial charge >= 0.3 is 0 Å². The lowest BCUT2D eigenvalue weighted by molar-refractivity contribution is -0.120. The van der Waals surface area contributed by atoms with Crippen molar-refractivity contribution in [3.63, 3.8) is 0 Å². The van der Waals surface area contributed by atoms with Crippen LogP contribution in [0, 0.1) is 17.0 Å². The Balaban J connectivity index is 1.56. The van der Waals surface area contributed by atoms with Crippen molar-refractivity contribution in [1.82, 2.24) is 10.6 Å². The first kappa shape index (κ1) is 26.0. The van der Waals surface area contributed by atoms with Crippen molar-refractivity contribution in [1.29, 1.82) is 0 Å². The van der Waals surface area contributed by atoms with Gasteiger partial charge in [0, 0.05) is 19.5 Å². The first-order valence-electron chi connectivity index (χ1n) is 12.4. The summed E-state index contributed by atoms with van der Waals surface area (Å²) < 4.78 is 27.4. The number of nitrogens with one attached hydrogen (secondary N) is 2. The molecule has 4 nitrogen and oxygen atoms in total. The van der Waals surface area contributed by atoms with Crippen molar-refractivity contribution in [2.24, 2.45) is 5.41 Å². The molecule has 1 unspecified atom stereocenters. The fourth-order valence-electron chi connectivity index (χ4n) is 5.11. The highest BCUT2D eigenvalue weighted by Gasteiger charge is 2.30. The summed E-state index contributed by atoms with van der Waals surface area (Å²) in [5.41, 5.74) is 6.41. The van der Waals surface area contributed by atoms with Crippen LogP contribution in [0.1, 0.15) is 56.0 Å². The molecule has 0 bridgehead atoms. The number of aliphatic hydroxyl groups is 1. The van der Waals surface area contributed by atoms with Gasteiger partial charge < -0.3 is 15.7 Å². The Morgan fingerprint density at radius 2 is 1.61 bits per heavy atom. The molecule has 0 fully saturated rings. The molecule has 3 atom stereocenters. The fraction of sp³-hybridized carbons (Fsp3) is 0.367. The molecule has 3 N–H and O–H groups in total. The number of amides is 1. The number of carbonyl (C=O) groups excluding carboxylic acids is 1. The van der Waals surface area contributed by atoms with Gasteiger partial charge in [0.05, 0.1) is 18.2 Å². The molecular formula is C30H34F2N2O2. The molecule has 0 saturated carbocycles. The van der Waals surface area contributed by atoms with E-state index in [1.807, 2.05) is 12.1 Å². The maximum absolute atomic E-state index is 13.7. The summed E-state index contributed by atoms with van der Waals surface area (Å²) in [4.78, 5) is 11.8. The standard InChI is InChI=1S/C30H34F2N2O2/c1-18(35)34-27(14-20-11-21(31)15-22(32)12-20)28(36)17-33-29-25-8-6-5-7-23(25)24-10-9-19(13-26(24)29)16-30(2,3)4/h5-13,15,27-29,33,36H,14,16-17H2,1-4H3,(H,34,35)/t27-,28+,29?/m0/s1. The smallest absolute Gasteiger partial charge is 0.217 e. The van der Waals surface area contributed by atoms with Crippen molar-refractivity contribution < 1.29 is 18.7 Å². The Labute approximate surface area is 211 Å². The Bertz CT molecular complexity index is 1230. The molecule has 0 radical (unpaired) electrons. The highest BCUT2D eigenvalue weighted by atomic mass is 19.1. The minimum Gasteiger partial charge on any atom is -0.390 e. The molecule has 190 valence electrons. The highest BCUT2D eigenvalue weighted by Crippen LogP contribution is 2.44. The minimum absolute atomic E-state index is 0.102. The van der Waals surface area contributed by atoms with E-state index in [9.17, 15) is 18.7 Å². The van der Waals surface area contributed by atoms with Gasteiger partial charge in [0.15, 0.2) is 0 Å². The largest absolute Gasteiger partial charge is 0.390 e. The third-order valence-corrected chi connectivity index (χ3v) is 6.49. The van der Waals surface area contributed by atoms with Gasteiger partial charge in [-0.15, -0.1) is 0 Å². The van der Waals surface area contributed by atoms with Crippen LogP contribution in [0.25, 0.3) is 11.1 Å². The lowest BCUT2D eigenvalue weighted by Crippen LogP contribution is -2.48. The molecule has 0 spiro atoms. The summed E-state index contributed by atoms with van der Waals surface area (Å²) in [6.07, 6.45) is 0.0695. The van der Waals surface area contributed by atoms with Crippen molar-refractivity contribution in [3.05, 3.63) is 94.6 Å². The first-order chi connectivity index (χ1) is 17.0. The monoisotopic (exact) mass is 492 g/mol. The second-order valence-corrected chi connectivity index (χ2v) is 10.9. The molecule has 0 heterocycles.